The summed E-state index contributed by atoms with van der Waals surface area (Å²) in [7, 11) is -2.92. The summed E-state index contributed by atoms with van der Waals surface area (Å²) in [6.45, 7) is 0. The second-order valence-electron chi connectivity index (χ2n) is 4.53. The van der Waals surface area contributed by atoms with Crippen molar-refractivity contribution in [2.24, 2.45) is 5.10 Å². The largest absolute Gasteiger partial charge is 0.508 e. The summed E-state index contributed by atoms with van der Waals surface area (Å²) in [4.78, 5) is 0. The van der Waals surface area contributed by atoms with Crippen molar-refractivity contribution in [2.75, 3.05) is 11.5 Å². The van der Waals surface area contributed by atoms with E-state index in [0.29, 0.717) is 11.5 Å². The first-order chi connectivity index (χ1) is 9.44. The Morgan fingerprint density at radius 1 is 1.40 bits per heavy atom. The predicted octanol–water partition coefficient (Wildman–Crippen LogP) is 0.377. The van der Waals surface area contributed by atoms with Gasteiger partial charge in [0.15, 0.2) is 14.9 Å². The van der Waals surface area contributed by atoms with Crippen molar-refractivity contribution in [1.82, 2.24) is 10.7 Å². The number of hydrogen-bond acceptors (Lipinski definition) is 5. The maximum absolute atomic E-state index is 11.3. The summed E-state index contributed by atoms with van der Waals surface area (Å²) in [6.07, 6.45) is 2.12. The molecule has 1 aliphatic heterocycles. The summed E-state index contributed by atoms with van der Waals surface area (Å²) < 4.78 is 22.6. The Morgan fingerprint density at radius 2 is 2.10 bits per heavy atom. The number of benzene rings is 1. The second-order valence-corrected chi connectivity index (χ2v) is 7.17. The van der Waals surface area contributed by atoms with E-state index < -0.39 is 9.84 Å². The van der Waals surface area contributed by atoms with Gasteiger partial charge in [-0.1, -0.05) is 0 Å². The van der Waals surface area contributed by atoms with Crippen LogP contribution in [0.25, 0.3) is 0 Å². The number of hydrazone groups is 1. The van der Waals surface area contributed by atoms with Gasteiger partial charge in [-0.15, -0.1) is 0 Å². The third kappa shape index (κ3) is 4.46. The van der Waals surface area contributed by atoms with Crippen molar-refractivity contribution < 1.29 is 13.5 Å². The number of thiocarbonyl (C=S) groups is 1. The van der Waals surface area contributed by atoms with Crippen LogP contribution in [0, 0.1) is 0 Å². The van der Waals surface area contributed by atoms with Crippen LogP contribution in [-0.4, -0.2) is 42.4 Å². The summed E-state index contributed by atoms with van der Waals surface area (Å²) in [5, 5.41) is 16.3. The van der Waals surface area contributed by atoms with Crippen molar-refractivity contribution in [3.05, 3.63) is 29.8 Å². The zero-order valence-electron chi connectivity index (χ0n) is 10.6. The van der Waals surface area contributed by atoms with E-state index in [-0.39, 0.29) is 23.3 Å². The molecule has 1 aromatic carbocycles. The van der Waals surface area contributed by atoms with Gasteiger partial charge >= 0.3 is 0 Å². The fourth-order valence-corrected chi connectivity index (χ4v) is 3.75. The van der Waals surface area contributed by atoms with E-state index in [1.807, 2.05) is 0 Å². The van der Waals surface area contributed by atoms with Crippen molar-refractivity contribution in [1.29, 1.82) is 0 Å². The van der Waals surface area contributed by atoms with Gasteiger partial charge in [0.05, 0.1) is 17.7 Å². The molecule has 0 spiro atoms. The third-order valence-corrected chi connectivity index (χ3v) is 4.82. The van der Waals surface area contributed by atoms with Gasteiger partial charge in [-0.3, -0.25) is 5.43 Å². The molecule has 1 aromatic rings. The number of hydrogen-bond donors (Lipinski definition) is 3. The highest BCUT2D eigenvalue weighted by Gasteiger charge is 2.27. The van der Waals surface area contributed by atoms with Crippen molar-refractivity contribution in [2.45, 2.75) is 12.5 Å². The summed E-state index contributed by atoms with van der Waals surface area (Å²) >= 11 is 5.03. The number of rotatable bonds is 3. The zero-order chi connectivity index (χ0) is 14.6. The van der Waals surface area contributed by atoms with Crippen molar-refractivity contribution in [3.8, 4) is 5.75 Å². The molecule has 0 saturated carbocycles. The molecule has 1 atom stereocenters. The highest BCUT2D eigenvalue weighted by atomic mass is 32.2. The molecule has 0 radical (unpaired) electrons. The third-order valence-electron chi connectivity index (χ3n) is 2.84. The van der Waals surface area contributed by atoms with Crippen LogP contribution < -0.4 is 10.7 Å². The Labute approximate surface area is 122 Å². The monoisotopic (exact) mass is 313 g/mol. The first kappa shape index (κ1) is 14.7. The van der Waals surface area contributed by atoms with Crippen LogP contribution in [0.15, 0.2) is 29.4 Å². The van der Waals surface area contributed by atoms with Gasteiger partial charge in [-0.25, -0.2) is 8.42 Å². The molecule has 0 aromatic heterocycles. The SMILES string of the molecule is O=S1(=O)CC[C@@H](NC(=S)N/N=C\c2ccc(O)cc2)C1. The maximum Gasteiger partial charge on any atom is 0.187 e. The first-order valence-corrected chi connectivity index (χ1v) is 8.27. The molecule has 0 bridgehead atoms. The van der Waals surface area contributed by atoms with Gasteiger partial charge in [0.1, 0.15) is 5.75 Å². The highest BCUT2D eigenvalue weighted by Crippen LogP contribution is 2.11. The van der Waals surface area contributed by atoms with E-state index in [0.717, 1.165) is 5.56 Å². The van der Waals surface area contributed by atoms with Crippen LogP contribution in [0.2, 0.25) is 0 Å². The van der Waals surface area contributed by atoms with Crippen LogP contribution in [0.3, 0.4) is 0 Å². The molecule has 1 heterocycles. The lowest BCUT2D eigenvalue weighted by Gasteiger charge is -2.11. The Hall–Kier alpha value is -1.67. The van der Waals surface area contributed by atoms with Crippen LogP contribution in [0.1, 0.15) is 12.0 Å². The van der Waals surface area contributed by atoms with E-state index in [4.69, 9.17) is 17.3 Å². The molecular formula is C12H15N3O3S2. The van der Waals surface area contributed by atoms with Crippen LogP contribution in [0.5, 0.6) is 5.75 Å². The number of sulfone groups is 1. The van der Waals surface area contributed by atoms with Gasteiger partial charge in [0.25, 0.3) is 0 Å². The normalized spacial score (nSPS) is 20.9. The molecule has 2 rings (SSSR count). The van der Waals surface area contributed by atoms with Crippen LogP contribution >= 0.6 is 12.2 Å². The fraction of sp³-hybridized carbons (Fsp3) is 0.333. The molecule has 0 aliphatic carbocycles. The van der Waals surface area contributed by atoms with E-state index in [1.165, 1.54) is 0 Å². The minimum Gasteiger partial charge on any atom is -0.508 e. The van der Waals surface area contributed by atoms with Crippen LogP contribution in [0.4, 0.5) is 0 Å². The average Bonchev–Trinajstić information content (AvgIpc) is 2.71. The van der Waals surface area contributed by atoms with E-state index >= 15 is 0 Å². The summed E-state index contributed by atoms with van der Waals surface area (Å²) in [5.74, 6) is 0.496. The Balaban J connectivity index is 1.79. The predicted molar refractivity (Wildman–Crippen MR) is 81.6 cm³/mol. The van der Waals surface area contributed by atoms with Gasteiger partial charge in [-0.05, 0) is 48.5 Å². The molecule has 20 heavy (non-hydrogen) atoms. The van der Waals surface area contributed by atoms with E-state index in [2.05, 4.69) is 15.8 Å². The Kier molecular flexibility index (Phi) is 4.56. The highest BCUT2D eigenvalue weighted by molar-refractivity contribution is 7.91. The number of phenolic OH excluding ortho intramolecular Hbond substituents is 1. The van der Waals surface area contributed by atoms with Crippen molar-refractivity contribution >= 4 is 33.4 Å². The summed E-state index contributed by atoms with van der Waals surface area (Å²) in [5.41, 5.74) is 3.44. The van der Waals surface area contributed by atoms with Crippen LogP contribution in [-0.2, 0) is 9.84 Å². The minimum absolute atomic E-state index is 0.108. The quantitative estimate of drug-likeness (QED) is 0.424. The lowest BCUT2D eigenvalue weighted by molar-refractivity contribution is 0.475. The van der Waals surface area contributed by atoms with Gasteiger partial charge < -0.3 is 10.4 Å². The standard InChI is InChI=1S/C12H15N3O3S2/c16-11-3-1-9(2-4-11)7-13-15-12(19)14-10-5-6-20(17,18)8-10/h1-4,7,10,16H,5-6,8H2,(H2,14,15,19)/b13-7-/t10-/m1/s1. The topological polar surface area (TPSA) is 90.8 Å². The summed E-state index contributed by atoms with van der Waals surface area (Å²) in [6, 6.07) is 6.38. The van der Waals surface area contributed by atoms with Gasteiger partial charge in [0.2, 0.25) is 0 Å². The lowest BCUT2D eigenvalue weighted by Crippen LogP contribution is -2.40. The molecule has 3 N–H and O–H groups in total. The molecule has 0 amide bonds. The molecule has 8 heteroatoms. The molecule has 108 valence electrons. The zero-order valence-corrected chi connectivity index (χ0v) is 12.2. The Morgan fingerprint density at radius 3 is 2.70 bits per heavy atom. The number of nitrogens with zero attached hydrogens (tertiary/aromatic N) is 1. The second kappa shape index (κ2) is 6.19. The van der Waals surface area contributed by atoms with E-state index in [9.17, 15) is 8.42 Å². The molecule has 0 unspecified atom stereocenters. The fourth-order valence-electron chi connectivity index (χ4n) is 1.85. The number of nitrogens with one attached hydrogen (secondary N) is 2. The molecule has 1 saturated heterocycles. The van der Waals surface area contributed by atoms with Gasteiger partial charge in [0, 0.05) is 6.04 Å². The molecule has 6 nitrogen and oxygen atoms in total. The lowest BCUT2D eigenvalue weighted by atomic mass is 10.2. The van der Waals surface area contributed by atoms with E-state index in [1.54, 1.807) is 30.5 Å². The molecular weight excluding hydrogens is 298 g/mol. The molecule has 1 aliphatic rings. The van der Waals surface area contributed by atoms with Crippen molar-refractivity contribution in [3.63, 3.8) is 0 Å². The Bertz CT molecular complexity index is 611. The average molecular weight is 313 g/mol. The molecule has 1 fully saturated rings. The smallest absolute Gasteiger partial charge is 0.187 e. The number of phenols is 1. The first-order valence-electron chi connectivity index (χ1n) is 6.04. The number of aromatic hydroxyl groups is 1. The maximum atomic E-state index is 11.3. The van der Waals surface area contributed by atoms with Gasteiger partial charge in [-0.2, -0.15) is 5.10 Å². The minimum atomic E-state index is -2.92.